The Morgan fingerprint density at radius 2 is 1.13 bits per heavy atom. The zero-order chi connectivity index (χ0) is 21.3. The van der Waals surface area contributed by atoms with Crippen LogP contribution in [-0.2, 0) is 5.60 Å². The molecule has 0 heterocycles. The number of benzene rings is 5. The van der Waals surface area contributed by atoms with E-state index in [1.165, 1.54) is 5.39 Å². The van der Waals surface area contributed by atoms with Gasteiger partial charge in [0.15, 0.2) is 0 Å². The van der Waals surface area contributed by atoms with Crippen molar-refractivity contribution in [2.75, 3.05) is 0 Å². The largest absolute Gasteiger partial charge is 0.376 e. The zero-order valence-corrected chi connectivity index (χ0v) is 17.6. The number of halogens is 1. The maximum Gasteiger partial charge on any atom is 0.141 e. The molecule has 0 saturated heterocycles. The molecule has 5 rings (SSSR count). The van der Waals surface area contributed by atoms with E-state index >= 15 is 0 Å². The van der Waals surface area contributed by atoms with Gasteiger partial charge in [-0.15, -0.1) is 0 Å². The molecule has 0 unspecified atom stereocenters. The highest BCUT2D eigenvalue weighted by Gasteiger charge is 2.36. The van der Waals surface area contributed by atoms with E-state index in [-0.39, 0.29) is 0 Å². The molecular formula is C29H21ClO. The predicted octanol–water partition coefficient (Wildman–Crippen LogP) is 7.44. The van der Waals surface area contributed by atoms with Crippen molar-refractivity contribution in [1.29, 1.82) is 0 Å². The molecule has 2 heteroatoms. The van der Waals surface area contributed by atoms with E-state index in [4.69, 9.17) is 11.6 Å². The summed E-state index contributed by atoms with van der Waals surface area (Å²) in [6.07, 6.45) is 0. The Hall–Kier alpha value is -3.39. The second-order valence-corrected chi connectivity index (χ2v) is 8.13. The molecule has 0 aliphatic heterocycles. The molecule has 1 nitrogen and oxygen atoms in total. The average molecular weight is 421 g/mol. The van der Waals surface area contributed by atoms with Crippen LogP contribution in [-0.4, -0.2) is 5.11 Å². The lowest BCUT2D eigenvalue weighted by Crippen LogP contribution is -2.29. The van der Waals surface area contributed by atoms with Gasteiger partial charge in [-0.1, -0.05) is 115 Å². The average Bonchev–Trinajstić information content (AvgIpc) is 2.84. The summed E-state index contributed by atoms with van der Waals surface area (Å²) in [6, 6.07) is 40.0. The van der Waals surface area contributed by atoms with Crippen LogP contribution in [0.25, 0.3) is 21.9 Å². The van der Waals surface area contributed by atoms with Gasteiger partial charge in [0.2, 0.25) is 0 Å². The number of aliphatic hydroxyl groups is 1. The minimum atomic E-state index is -1.35. The van der Waals surface area contributed by atoms with Gasteiger partial charge in [0.1, 0.15) is 5.60 Å². The van der Waals surface area contributed by atoms with Crippen molar-refractivity contribution in [3.8, 4) is 11.1 Å². The molecule has 5 aromatic rings. The molecule has 1 N–H and O–H groups in total. The van der Waals surface area contributed by atoms with Crippen LogP contribution in [0.4, 0.5) is 0 Å². The van der Waals surface area contributed by atoms with Crippen molar-refractivity contribution in [2.45, 2.75) is 5.60 Å². The molecule has 150 valence electrons. The van der Waals surface area contributed by atoms with Crippen molar-refractivity contribution in [2.24, 2.45) is 0 Å². The van der Waals surface area contributed by atoms with Gasteiger partial charge in [0.05, 0.1) is 0 Å². The summed E-state index contributed by atoms with van der Waals surface area (Å²) in [5, 5.41) is 15.3. The van der Waals surface area contributed by atoms with E-state index in [1.54, 1.807) is 0 Å². The minimum Gasteiger partial charge on any atom is -0.376 e. The second kappa shape index (κ2) is 8.03. The van der Waals surface area contributed by atoms with E-state index < -0.39 is 5.60 Å². The van der Waals surface area contributed by atoms with Crippen molar-refractivity contribution < 1.29 is 5.11 Å². The van der Waals surface area contributed by atoms with Gasteiger partial charge >= 0.3 is 0 Å². The van der Waals surface area contributed by atoms with Gasteiger partial charge < -0.3 is 5.11 Å². The first-order valence-corrected chi connectivity index (χ1v) is 10.7. The quantitative estimate of drug-likeness (QED) is 0.299. The van der Waals surface area contributed by atoms with Gasteiger partial charge in [-0.05, 0) is 51.2 Å². The van der Waals surface area contributed by atoms with Crippen LogP contribution in [0, 0.1) is 0 Å². The van der Waals surface area contributed by atoms with Crippen LogP contribution in [0.15, 0.2) is 121 Å². The molecular weight excluding hydrogens is 400 g/mol. The molecule has 0 spiro atoms. The number of hydrogen-bond donors (Lipinski definition) is 1. The standard InChI is InChI=1S/C29H21ClO/c30-26-17-18-27(23-16-15-21-9-7-8-10-22(21)19-23)28(20-26)29(31,24-11-3-1-4-12-24)25-13-5-2-6-14-25/h1-20,31H. The summed E-state index contributed by atoms with van der Waals surface area (Å²) >= 11 is 6.47. The summed E-state index contributed by atoms with van der Waals surface area (Å²) in [5.74, 6) is 0. The minimum absolute atomic E-state index is 0.588. The van der Waals surface area contributed by atoms with E-state index in [0.717, 1.165) is 33.2 Å². The van der Waals surface area contributed by atoms with Gasteiger partial charge in [-0.25, -0.2) is 0 Å². The number of hydrogen-bond acceptors (Lipinski definition) is 1. The normalized spacial score (nSPS) is 11.5. The molecule has 0 fully saturated rings. The first-order chi connectivity index (χ1) is 15.2. The highest BCUT2D eigenvalue weighted by Crippen LogP contribution is 2.43. The summed E-state index contributed by atoms with van der Waals surface area (Å²) < 4.78 is 0. The van der Waals surface area contributed by atoms with Crippen LogP contribution in [0.1, 0.15) is 16.7 Å². The monoisotopic (exact) mass is 420 g/mol. The van der Waals surface area contributed by atoms with E-state index in [2.05, 4.69) is 30.3 Å². The predicted molar refractivity (Wildman–Crippen MR) is 129 cm³/mol. The SMILES string of the molecule is OC(c1ccccc1)(c1ccccc1)c1cc(Cl)ccc1-c1ccc2ccccc2c1. The lowest BCUT2D eigenvalue weighted by Gasteiger charge is -2.32. The van der Waals surface area contributed by atoms with Crippen LogP contribution < -0.4 is 0 Å². The summed E-state index contributed by atoms with van der Waals surface area (Å²) in [4.78, 5) is 0. The summed E-state index contributed by atoms with van der Waals surface area (Å²) in [6.45, 7) is 0. The molecule has 0 saturated carbocycles. The third-order valence-corrected chi connectivity index (χ3v) is 6.05. The van der Waals surface area contributed by atoms with E-state index in [0.29, 0.717) is 5.02 Å². The Kier molecular flexibility index (Phi) is 5.07. The van der Waals surface area contributed by atoms with Crippen molar-refractivity contribution >= 4 is 22.4 Å². The van der Waals surface area contributed by atoms with Gasteiger partial charge in [-0.3, -0.25) is 0 Å². The van der Waals surface area contributed by atoms with E-state index in [1.807, 2.05) is 91.0 Å². The third-order valence-electron chi connectivity index (χ3n) is 5.82. The van der Waals surface area contributed by atoms with Crippen LogP contribution in [0.5, 0.6) is 0 Å². The van der Waals surface area contributed by atoms with Crippen molar-refractivity contribution in [3.05, 3.63) is 143 Å². The first kappa shape index (κ1) is 19.6. The lowest BCUT2D eigenvalue weighted by molar-refractivity contribution is 0.126. The van der Waals surface area contributed by atoms with Gasteiger partial charge in [0, 0.05) is 10.6 Å². The Morgan fingerprint density at radius 1 is 0.548 bits per heavy atom. The van der Waals surface area contributed by atoms with Gasteiger partial charge in [0.25, 0.3) is 0 Å². The highest BCUT2D eigenvalue weighted by molar-refractivity contribution is 6.30. The summed E-state index contributed by atoms with van der Waals surface area (Å²) in [7, 11) is 0. The Bertz CT molecular complexity index is 1300. The van der Waals surface area contributed by atoms with Crippen LogP contribution in [0.2, 0.25) is 5.02 Å². The summed E-state index contributed by atoms with van der Waals surface area (Å²) in [5.41, 5.74) is 2.98. The maximum absolute atomic E-state index is 12.3. The van der Waals surface area contributed by atoms with Gasteiger partial charge in [-0.2, -0.15) is 0 Å². The highest BCUT2D eigenvalue weighted by atomic mass is 35.5. The molecule has 31 heavy (non-hydrogen) atoms. The number of rotatable bonds is 4. The lowest BCUT2D eigenvalue weighted by atomic mass is 9.77. The molecule has 0 aromatic heterocycles. The fourth-order valence-corrected chi connectivity index (χ4v) is 4.43. The third kappa shape index (κ3) is 3.53. The fraction of sp³-hybridized carbons (Fsp3) is 0.0345. The van der Waals surface area contributed by atoms with Crippen LogP contribution in [0.3, 0.4) is 0 Å². The Morgan fingerprint density at radius 3 is 1.77 bits per heavy atom. The topological polar surface area (TPSA) is 20.2 Å². The zero-order valence-electron chi connectivity index (χ0n) is 16.9. The molecule has 0 atom stereocenters. The molecule has 5 aromatic carbocycles. The Balaban J connectivity index is 1.80. The molecule has 0 radical (unpaired) electrons. The molecule has 0 amide bonds. The fourth-order valence-electron chi connectivity index (χ4n) is 4.26. The molecule has 0 aliphatic carbocycles. The first-order valence-electron chi connectivity index (χ1n) is 10.3. The maximum atomic E-state index is 12.3. The van der Waals surface area contributed by atoms with Crippen LogP contribution >= 0.6 is 11.6 Å². The molecule has 0 aliphatic rings. The van der Waals surface area contributed by atoms with Crippen molar-refractivity contribution in [1.82, 2.24) is 0 Å². The second-order valence-electron chi connectivity index (χ2n) is 7.69. The van der Waals surface area contributed by atoms with E-state index in [9.17, 15) is 5.11 Å². The van der Waals surface area contributed by atoms with Crippen molar-refractivity contribution in [3.63, 3.8) is 0 Å². The number of fused-ring (bicyclic) bond motifs is 1. The smallest absolute Gasteiger partial charge is 0.141 e. The Labute approximate surface area is 187 Å². The molecule has 0 bridgehead atoms.